The molecule has 2 aromatic heterocycles. The fraction of sp³-hybridized carbons (Fsp3) is 0.286. The van der Waals surface area contributed by atoms with Crippen LogP contribution in [0.3, 0.4) is 0 Å². The molecule has 0 saturated heterocycles. The maximum absolute atomic E-state index is 4.81. The Morgan fingerprint density at radius 1 is 1.20 bits per heavy atom. The summed E-state index contributed by atoms with van der Waals surface area (Å²) in [7, 11) is 2.10. The number of nitrogens with one attached hydrogen (secondary N) is 2. The first kappa shape index (κ1) is 14.7. The number of imidazole rings is 1. The molecule has 0 amide bonds. The number of hydrogen-bond acceptors (Lipinski definition) is 2. The van der Waals surface area contributed by atoms with Gasteiger partial charge in [-0.15, -0.1) is 0 Å². The number of nitrogens with zero attached hydrogens (tertiary/aromatic N) is 2. The smallest absolute Gasteiger partial charge is 0.123 e. The summed E-state index contributed by atoms with van der Waals surface area (Å²) >= 11 is 0. The standard InChI is InChI=1S/C21H22N4/c1-13-7-8-20-19(9-13)24-21(25(20)2)12-22-14-10-16-15-5-3-4-6-17(15)23-18(16)11-14/h3-9,14,22-23H,10-12H2,1-2H3. The van der Waals surface area contributed by atoms with Crippen molar-refractivity contribution < 1.29 is 0 Å². The molecule has 5 rings (SSSR count). The third-order valence-electron chi connectivity index (χ3n) is 5.48. The highest BCUT2D eigenvalue weighted by Gasteiger charge is 2.25. The van der Waals surface area contributed by atoms with Crippen LogP contribution in [0.25, 0.3) is 21.9 Å². The molecule has 2 heterocycles. The Labute approximate surface area is 146 Å². The van der Waals surface area contributed by atoms with Crippen molar-refractivity contribution in [3.63, 3.8) is 0 Å². The molecule has 126 valence electrons. The van der Waals surface area contributed by atoms with Crippen molar-refractivity contribution in [3.8, 4) is 0 Å². The van der Waals surface area contributed by atoms with E-state index in [2.05, 4.69) is 71.3 Å². The second kappa shape index (κ2) is 5.46. The lowest BCUT2D eigenvalue weighted by Crippen LogP contribution is -2.30. The number of fused-ring (bicyclic) bond motifs is 4. The van der Waals surface area contributed by atoms with E-state index in [4.69, 9.17) is 4.98 Å². The summed E-state index contributed by atoms with van der Waals surface area (Å²) in [5.74, 6) is 1.10. The molecular weight excluding hydrogens is 308 g/mol. The van der Waals surface area contributed by atoms with Crippen LogP contribution in [0.1, 0.15) is 22.6 Å². The first-order valence-electron chi connectivity index (χ1n) is 8.93. The molecule has 0 aliphatic heterocycles. The topological polar surface area (TPSA) is 45.6 Å². The number of rotatable bonds is 3. The highest BCUT2D eigenvalue weighted by Crippen LogP contribution is 2.30. The Morgan fingerprint density at radius 3 is 3.00 bits per heavy atom. The first-order valence-corrected chi connectivity index (χ1v) is 8.93. The van der Waals surface area contributed by atoms with Crippen molar-refractivity contribution >= 4 is 21.9 Å². The third kappa shape index (κ3) is 2.36. The summed E-state index contributed by atoms with van der Waals surface area (Å²) in [4.78, 5) is 8.40. The van der Waals surface area contributed by atoms with Gasteiger partial charge in [0.2, 0.25) is 0 Å². The van der Waals surface area contributed by atoms with Gasteiger partial charge in [-0.2, -0.15) is 0 Å². The van der Waals surface area contributed by atoms with E-state index in [1.165, 1.54) is 33.2 Å². The molecule has 0 fully saturated rings. The highest BCUT2D eigenvalue weighted by atomic mass is 15.1. The minimum absolute atomic E-state index is 0.479. The van der Waals surface area contributed by atoms with Crippen LogP contribution in [0, 0.1) is 6.92 Å². The van der Waals surface area contributed by atoms with Gasteiger partial charge in [0.25, 0.3) is 0 Å². The largest absolute Gasteiger partial charge is 0.358 e. The number of aromatic nitrogens is 3. The van der Waals surface area contributed by atoms with Crippen LogP contribution >= 0.6 is 0 Å². The number of aromatic amines is 1. The second-order valence-corrected chi connectivity index (χ2v) is 7.19. The van der Waals surface area contributed by atoms with Crippen molar-refractivity contribution in [3.05, 3.63) is 65.1 Å². The normalized spacial score (nSPS) is 16.8. The van der Waals surface area contributed by atoms with E-state index in [9.17, 15) is 0 Å². The molecule has 4 aromatic rings. The van der Waals surface area contributed by atoms with E-state index < -0.39 is 0 Å². The molecule has 1 atom stereocenters. The molecule has 1 aliphatic carbocycles. The molecule has 2 aromatic carbocycles. The van der Waals surface area contributed by atoms with Crippen LogP contribution in [-0.4, -0.2) is 20.6 Å². The fourth-order valence-electron chi connectivity index (χ4n) is 4.13. The zero-order valence-electron chi connectivity index (χ0n) is 14.6. The van der Waals surface area contributed by atoms with Gasteiger partial charge in [-0.3, -0.25) is 0 Å². The quantitative estimate of drug-likeness (QED) is 0.603. The Kier molecular flexibility index (Phi) is 3.22. The summed E-state index contributed by atoms with van der Waals surface area (Å²) in [5, 5.41) is 5.08. The van der Waals surface area contributed by atoms with Crippen molar-refractivity contribution in [2.45, 2.75) is 32.4 Å². The van der Waals surface area contributed by atoms with Gasteiger partial charge in [0, 0.05) is 36.1 Å². The Balaban J connectivity index is 1.34. The number of H-pyrrole nitrogens is 1. The molecular formula is C21H22N4. The molecule has 0 bridgehead atoms. The zero-order chi connectivity index (χ0) is 17.0. The summed E-state index contributed by atoms with van der Waals surface area (Å²) in [6.45, 7) is 2.92. The Morgan fingerprint density at radius 2 is 2.08 bits per heavy atom. The summed E-state index contributed by atoms with van der Waals surface area (Å²) in [6.07, 6.45) is 2.15. The molecule has 0 saturated carbocycles. The Hall–Kier alpha value is -2.59. The highest BCUT2D eigenvalue weighted by molar-refractivity contribution is 5.85. The lowest BCUT2D eigenvalue weighted by molar-refractivity contribution is 0.514. The monoisotopic (exact) mass is 330 g/mol. The average molecular weight is 330 g/mol. The Bertz CT molecular complexity index is 1090. The average Bonchev–Trinajstić information content (AvgIpc) is 3.24. The van der Waals surface area contributed by atoms with Crippen molar-refractivity contribution in [2.75, 3.05) is 0 Å². The van der Waals surface area contributed by atoms with Crippen LogP contribution in [0.15, 0.2) is 42.5 Å². The number of benzene rings is 2. The summed E-state index contributed by atoms with van der Waals surface area (Å²) in [6, 6.07) is 15.6. The van der Waals surface area contributed by atoms with Crippen molar-refractivity contribution in [1.82, 2.24) is 19.9 Å². The van der Waals surface area contributed by atoms with Gasteiger partial charge in [-0.1, -0.05) is 24.3 Å². The molecule has 1 aliphatic rings. The van der Waals surface area contributed by atoms with Crippen molar-refractivity contribution in [2.24, 2.45) is 7.05 Å². The van der Waals surface area contributed by atoms with Crippen LogP contribution in [0.2, 0.25) is 0 Å². The SMILES string of the molecule is Cc1ccc2c(c1)nc(CNC1Cc3[nH]c4ccccc4c3C1)n2C. The van der Waals surface area contributed by atoms with Crippen LogP contribution < -0.4 is 5.32 Å². The predicted molar refractivity (Wildman–Crippen MR) is 102 cm³/mol. The van der Waals surface area contributed by atoms with Gasteiger partial charge in [0.05, 0.1) is 17.6 Å². The first-order chi connectivity index (χ1) is 12.2. The summed E-state index contributed by atoms with van der Waals surface area (Å²) in [5.41, 5.74) is 7.67. The fourth-order valence-corrected chi connectivity index (χ4v) is 4.13. The van der Waals surface area contributed by atoms with E-state index in [-0.39, 0.29) is 0 Å². The third-order valence-corrected chi connectivity index (χ3v) is 5.48. The van der Waals surface area contributed by atoms with Gasteiger partial charge in [-0.25, -0.2) is 4.98 Å². The predicted octanol–water partition coefficient (Wildman–Crippen LogP) is 3.62. The lowest BCUT2D eigenvalue weighted by Gasteiger charge is -2.12. The van der Waals surface area contributed by atoms with Gasteiger partial charge in [0.15, 0.2) is 0 Å². The molecule has 0 spiro atoms. The van der Waals surface area contributed by atoms with Crippen LogP contribution in [0.5, 0.6) is 0 Å². The summed E-state index contributed by atoms with van der Waals surface area (Å²) < 4.78 is 2.20. The number of aryl methyl sites for hydroxylation is 2. The lowest BCUT2D eigenvalue weighted by atomic mass is 10.1. The van der Waals surface area contributed by atoms with Gasteiger partial charge >= 0.3 is 0 Å². The minimum atomic E-state index is 0.479. The van der Waals surface area contributed by atoms with Crippen molar-refractivity contribution in [1.29, 1.82) is 0 Å². The second-order valence-electron chi connectivity index (χ2n) is 7.19. The van der Waals surface area contributed by atoms with E-state index in [1.807, 2.05) is 0 Å². The number of hydrogen-bond donors (Lipinski definition) is 2. The molecule has 2 N–H and O–H groups in total. The van der Waals surface area contributed by atoms with Crippen LogP contribution in [-0.2, 0) is 26.4 Å². The van der Waals surface area contributed by atoms with E-state index in [0.29, 0.717) is 6.04 Å². The van der Waals surface area contributed by atoms with Gasteiger partial charge in [-0.05, 0) is 42.7 Å². The van der Waals surface area contributed by atoms with E-state index >= 15 is 0 Å². The maximum Gasteiger partial charge on any atom is 0.123 e. The molecule has 25 heavy (non-hydrogen) atoms. The van der Waals surface area contributed by atoms with E-state index in [1.54, 1.807) is 0 Å². The zero-order valence-corrected chi connectivity index (χ0v) is 14.6. The molecule has 4 heteroatoms. The maximum atomic E-state index is 4.81. The minimum Gasteiger partial charge on any atom is -0.358 e. The molecule has 0 radical (unpaired) electrons. The van der Waals surface area contributed by atoms with Gasteiger partial charge in [0.1, 0.15) is 5.82 Å². The van der Waals surface area contributed by atoms with Gasteiger partial charge < -0.3 is 14.9 Å². The van der Waals surface area contributed by atoms with Crippen LogP contribution in [0.4, 0.5) is 0 Å². The van der Waals surface area contributed by atoms with E-state index in [0.717, 1.165) is 30.7 Å². The molecule has 1 unspecified atom stereocenters. The molecule has 4 nitrogen and oxygen atoms in total. The number of para-hydroxylation sites is 1.